The van der Waals surface area contributed by atoms with E-state index in [9.17, 15) is 18.0 Å². The molecule has 0 aliphatic heterocycles. The Labute approximate surface area is 192 Å². The molecule has 0 aliphatic carbocycles. The molecule has 2 aromatic heterocycles. The second kappa shape index (κ2) is 9.65. The summed E-state index contributed by atoms with van der Waals surface area (Å²) in [7, 11) is -2.30. The van der Waals surface area contributed by atoms with E-state index in [0.717, 1.165) is 11.7 Å². The number of fused-ring (bicyclic) bond motifs is 2. The van der Waals surface area contributed by atoms with Gasteiger partial charge in [0.1, 0.15) is 33.9 Å². The number of nitrogens with zero attached hydrogens (tertiary/aromatic N) is 2. The van der Waals surface area contributed by atoms with E-state index in [1.807, 2.05) is 0 Å². The molecule has 2 heterocycles. The van der Waals surface area contributed by atoms with Gasteiger partial charge in [-0.1, -0.05) is 6.07 Å². The summed E-state index contributed by atoms with van der Waals surface area (Å²) in [6.45, 7) is -0.0686. The van der Waals surface area contributed by atoms with Gasteiger partial charge in [-0.05, 0) is 30.7 Å². The first-order valence-electron chi connectivity index (χ1n) is 9.85. The number of carbonyl (C=O) groups is 1. The number of aromatic nitrogens is 2. The van der Waals surface area contributed by atoms with Crippen LogP contribution in [-0.2, 0) is 26.2 Å². The summed E-state index contributed by atoms with van der Waals surface area (Å²) in [5, 5.41) is 0.627. The van der Waals surface area contributed by atoms with Gasteiger partial charge in [0.25, 0.3) is 0 Å². The van der Waals surface area contributed by atoms with Crippen molar-refractivity contribution in [2.45, 2.75) is 24.3 Å². The largest absolute Gasteiger partial charge is 0.497 e. The fourth-order valence-corrected chi connectivity index (χ4v) is 5.04. The standard InChI is InChI=1S/C21H19N3O7S2/c1-29-14-7-8-15-13(10-20(26)31-17(15)11-14)12-30-19(25)6-3-9-22-33(27,28)18-5-2-4-16-21(18)24-32-23-16/h2,4-5,7-8,10-11,22H,3,6,9,12H2,1H3. The number of hydrogen-bond donors (Lipinski definition) is 1. The third-order valence-electron chi connectivity index (χ3n) is 4.81. The molecular formula is C21H19N3O7S2. The van der Waals surface area contributed by atoms with Crippen LogP contribution in [0.2, 0.25) is 0 Å². The monoisotopic (exact) mass is 489 g/mol. The van der Waals surface area contributed by atoms with Gasteiger partial charge in [-0.25, -0.2) is 17.9 Å². The number of carbonyl (C=O) groups excluding carboxylic acids is 1. The van der Waals surface area contributed by atoms with Crippen LogP contribution in [0.3, 0.4) is 0 Å². The molecule has 0 unspecified atom stereocenters. The molecule has 10 nitrogen and oxygen atoms in total. The van der Waals surface area contributed by atoms with Crippen molar-refractivity contribution >= 4 is 49.7 Å². The highest BCUT2D eigenvalue weighted by atomic mass is 32.2. The van der Waals surface area contributed by atoms with Crippen molar-refractivity contribution in [1.29, 1.82) is 0 Å². The maximum Gasteiger partial charge on any atom is 0.336 e. The minimum absolute atomic E-state index is 0.00181. The van der Waals surface area contributed by atoms with Gasteiger partial charge in [0.15, 0.2) is 0 Å². The van der Waals surface area contributed by atoms with Gasteiger partial charge in [-0.15, -0.1) is 0 Å². The van der Waals surface area contributed by atoms with Crippen LogP contribution < -0.4 is 15.1 Å². The van der Waals surface area contributed by atoms with Gasteiger partial charge in [0.05, 0.1) is 18.8 Å². The van der Waals surface area contributed by atoms with Gasteiger partial charge in [-0.2, -0.15) is 8.75 Å². The average molecular weight is 490 g/mol. The molecule has 0 saturated heterocycles. The Morgan fingerprint density at radius 2 is 2.03 bits per heavy atom. The zero-order valence-corrected chi connectivity index (χ0v) is 19.1. The molecule has 4 rings (SSSR count). The molecule has 4 aromatic rings. The van der Waals surface area contributed by atoms with Gasteiger partial charge in [0, 0.05) is 36.0 Å². The highest BCUT2D eigenvalue weighted by Crippen LogP contribution is 2.23. The molecule has 12 heteroatoms. The molecule has 0 atom stereocenters. The van der Waals surface area contributed by atoms with E-state index in [1.54, 1.807) is 30.3 Å². The molecule has 1 N–H and O–H groups in total. The fraction of sp³-hybridized carbons (Fsp3) is 0.238. The molecule has 0 radical (unpaired) electrons. The fourth-order valence-electron chi connectivity index (χ4n) is 3.20. The van der Waals surface area contributed by atoms with Crippen LogP contribution in [0.1, 0.15) is 18.4 Å². The van der Waals surface area contributed by atoms with Gasteiger partial charge in [-0.3, -0.25) is 4.79 Å². The summed E-state index contributed by atoms with van der Waals surface area (Å²) in [6, 6.07) is 11.0. The van der Waals surface area contributed by atoms with E-state index >= 15 is 0 Å². The second-order valence-electron chi connectivity index (χ2n) is 7.00. The number of nitrogens with one attached hydrogen (secondary N) is 1. The van der Waals surface area contributed by atoms with Crippen molar-refractivity contribution in [2.24, 2.45) is 0 Å². The lowest BCUT2D eigenvalue weighted by Crippen LogP contribution is -2.25. The Hall–Kier alpha value is -3.35. The van der Waals surface area contributed by atoms with E-state index < -0.39 is 21.6 Å². The average Bonchev–Trinajstić information content (AvgIpc) is 3.28. The van der Waals surface area contributed by atoms with Crippen LogP contribution in [-0.4, -0.2) is 36.8 Å². The van der Waals surface area contributed by atoms with Crippen LogP contribution in [0.25, 0.3) is 22.0 Å². The number of hydrogen-bond acceptors (Lipinski definition) is 10. The van der Waals surface area contributed by atoms with Gasteiger partial charge >= 0.3 is 11.6 Å². The van der Waals surface area contributed by atoms with Crippen LogP contribution in [0, 0.1) is 0 Å². The molecule has 2 aromatic carbocycles. The quantitative estimate of drug-likeness (QED) is 0.214. The number of ether oxygens (including phenoxy) is 2. The summed E-state index contributed by atoms with van der Waals surface area (Å²) >= 11 is 0.937. The second-order valence-corrected chi connectivity index (χ2v) is 9.27. The highest BCUT2D eigenvalue weighted by Gasteiger charge is 2.19. The van der Waals surface area contributed by atoms with E-state index in [4.69, 9.17) is 13.9 Å². The van der Waals surface area contributed by atoms with Crippen molar-refractivity contribution in [3.05, 3.63) is 58.4 Å². The minimum atomic E-state index is -3.80. The first kappa shape index (κ1) is 22.8. The maximum atomic E-state index is 12.6. The number of sulfonamides is 1. The van der Waals surface area contributed by atoms with E-state index in [0.29, 0.717) is 33.3 Å². The molecule has 0 bridgehead atoms. The Kier molecular flexibility index (Phi) is 6.67. The topological polar surface area (TPSA) is 138 Å². The zero-order valence-electron chi connectivity index (χ0n) is 17.4. The zero-order chi connectivity index (χ0) is 23.4. The molecular weight excluding hydrogens is 470 g/mol. The van der Waals surface area contributed by atoms with Crippen molar-refractivity contribution in [1.82, 2.24) is 13.5 Å². The van der Waals surface area contributed by atoms with Crippen LogP contribution in [0.5, 0.6) is 5.75 Å². The number of esters is 1. The Morgan fingerprint density at radius 3 is 2.85 bits per heavy atom. The predicted octanol–water partition coefficient (Wildman–Crippen LogP) is 2.61. The number of rotatable bonds is 9. The molecule has 33 heavy (non-hydrogen) atoms. The minimum Gasteiger partial charge on any atom is -0.497 e. The molecule has 0 saturated carbocycles. The lowest BCUT2D eigenvalue weighted by molar-refractivity contribution is -0.145. The summed E-state index contributed by atoms with van der Waals surface area (Å²) in [4.78, 5) is 24.0. The first-order chi connectivity index (χ1) is 15.9. The third kappa shape index (κ3) is 5.18. The van der Waals surface area contributed by atoms with Crippen LogP contribution in [0.15, 0.2) is 56.6 Å². The smallest absolute Gasteiger partial charge is 0.336 e. The maximum absolute atomic E-state index is 12.6. The molecule has 0 fully saturated rings. The summed E-state index contributed by atoms with van der Waals surface area (Å²) in [5.41, 5.74) is 1.08. The summed E-state index contributed by atoms with van der Waals surface area (Å²) < 4.78 is 51.2. The third-order valence-corrected chi connectivity index (χ3v) is 6.85. The van der Waals surface area contributed by atoms with Gasteiger partial charge < -0.3 is 13.9 Å². The van der Waals surface area contributed by atoms with Crippen LogP contribution in [0.4, 0.5) is 0 Å². The molecule has 172 valence electrons. The lowest BCUT2D eigenvalue weighted by Gasteiger charge is -2.09. The van der Waals surface area contributed by atoms with Gasteiger partial charge in [0.2, 0.25) is 10.0 Å². The molecule has 0 spiro atoms. The number of benzene rings is 2. The molecule has 0 amide bonds. The normalized spacial score (nSPS) is 11.7. The Balaban J connectivity index is 1.31. The van der Waals surface area contributed by atoms with E-state index in [1.165, 1.54) is 19.2 Å². The van der Waals surface area contributed by atoms with E-state index in [2.05, 4.69) is 13.5 Å². The summed E-state index contributed by atoms with van der Waals surface area (Å²) in [5.74, 6) is 0.0134. The van der Waals surface area contributed by atoms with E-state index in [-0.39, 0.29) is 30.9 Å². The lowest BCUT2D eigenvalue weighted by atomic mass is 10.1. The number of methoxy groups -OCH3 is 1. The van der Waals surface area contributed by atoms with Crippen molar-refractivity contribution < 1.29 is 27.1 Å². The predicted molar refractivity (Wildman–Crippen MR) is 121 cm³/mol. The van der Waals surface area contributed by atoms with Crippen LogP contribution >= 0.6 is 11.7 Å². The summed E-state index contributed by atoms with van der Waals surface area (Å²) in [6.07, 6.45) is 0.233. The SMILES string of the molecule is COc1ccc2c(COC(=O)CCCNS(=O)(=O)c3cccc4nsnc34)cc(=O)oc2c1. The Morgan fingerprint density at radius 1 is 1.18 bits per heavy atom. The Bertz CT molecular complexity index is 1480. The molecule has 0 aliphatic rings. The first-order valence-corrected chi connectivity index (χ1v) is 12.1. The highest BCUT2D eigenvalue weighted by molar-refractivity contribution is 7.89. The van der Waals surface area contributed by atoms with Crippen molar-refractivity contribution in [3.8, 4) is 5.75 Å². The van der Waals surface area contributed by atoms with Crippen molar-refractivity contribution in [3.63, 3.8) is 0 Å². The van der Waals surface area contributed by atoms with Crippen molar-refractivity contribution in [2.75, 3.05) is 13.7 Å².